The van der Waals surface area contributed by atoms with Crippen LogP contribution in [-0.2, 0) is 6.54 Å². The zero-order valence-corrected chi connectivity index (χ0v) is 11.5. The average Bonchev–Trinajstić information content (AvgIpc) is 2.45. The lowest BCUT2D eigenvalue weighted by Crippen LogP contribution is -2.06. The Labute approximate surface area is 120 Å². The number of nitrogens with zero attached hydrogens (tertiary/aromatic N) is 2. The second kappa shape index (κ2) is 6.47. The molecule has 0 unspecified atom stereocenters. The molecular formula is C13H13ClF2N4. The summed E-state index contributed by atoms with van der Waals surface area (Å²) in [5.74, 6) is 0.561. The van der Waals surface area contributed by atoms with Crippen molar-refractivity contribution >= 4 is 23.1 Å². The van der Waals surface area contributed by atoms with Crippen molar-refractivity contribution in [1.82, 2.24) is 9.97 Å². The number of hydrogen-bond acceptors (Lipinski definition) is 4. The quantitative estimate of drug-likeness (QED) is 0.826. The van der Waals surface area contributed by atoms with Gasteiger partial charge in [0.15, 0.2) is 11.0 Å². The molecule has 2 N–H and O–H groups in total. The molecule has 0 spiro atoms. The predicted octanol–water partition coefficient (Wildman–Crippen LogP) is 3.72. The third-order valence-corrected chi connectivity index (χ3v) is 3.03. The van der Waals surface area contributed by atoms with Crippen LogP contribution in [0.4, 0.5) is 20.3 Å². The van der Waals surface area contributed by atoms with Crippen LogP contribution >= 0.6 is 11.6 Å². The van der Waals surface area contributed by atoms with Crippen LogP contribution < -0.4 is 10.6 Å². The van der Waals surface area contributed by atoms with Crippen molar-refractivity contribution in [1.29, 1.82) is 0 Å². The Balaban J connectivity index is 2.07. The molecule has 1 heterocycles. The lowest BCUT2D eigenvalue weighted by atomic mass is 10.1. The van der Waals surface area contributed by atoms with E-state index in [1.165, 1.54) is 18.5 Å². The van der Waals surface area contributed by atoms with Gasteiger partial charge in [0.2, 0.25) is 0 Å². The van der Waals surface area contributed by atoms with E-state index >= 15 is 0 Å². The second-order valence-electron chi connectivity index (χ2n) is 4.03. The number of benzene rings is 1. The Kier molecular flexibility index (Phi) is 4.68. The molecule has 0 fully saturated rings. The van der Waals surface area contributed by atoms with Crippen molar-refractivity contribution in [3.8, 4) is 0 Å². The van der Waals surface area contributed by atoms with E-state index < -0.39 is 6.43 Å². The van der Waals surface area contributed by atoms with Crippen molar-refractivity contribution in [2.75, 3.05) is 17.7 Å². The van der Waals surface area contributed by atoms with E-state index in [1.54, 1.807) is 19.2 Å². The highest BCUT2D eigenvalue weighted by Gasteiger charge is 2.08. The zero-order valence-electron chi connectivity index (χ0n) is 10.7. The Morgan fingerprint density at radius 3 is 2.50 bits per heavy atom. The van der Waals surface area contributed by atoms with Crippen LogP contribution in [-0.4, -0.2) is 17.0 Å². The van der Waals surface area contributed by atoms with E-state index in [1.807, 2.05) is 0 Å². The summed E-state index contributed by atoms with van der Waals surface area (Å²) in [4.78, 5) is 7.95. The van der Waals surface area contributed by atoms with Gasteiger partial charge in [-0.15, -0.1) is 0 Å². The maximum Gasteiger partial charge on any atom is 0.263 e. The molecule has 0 amide bonds. The minimum atomic E-state index is -2.45. The first-order valence-electron chi connectivity index (χ1n) is 5.91. The largest absolute Gasteiger partial charge is 0.383 e. The monoisotopic (exact) mass is 298 g/mol. The molecule has 0 radical (unpaired) electrons. The summed E-state index contributed by atoms with van der Waals surface area (Å²) < 4.78 is 24.9. The summed E-state index contributed by atoms with van der Waals surface area (Å²) in [6.45, 7) is 0.450. The van der Waals surface area contributed by atoms with Gasteiger partial charge >= 0.3 is 0 Å². The topological polar surface area (TPSA) is 49.8 Å². The second-order valence-corrected chi connectivity index (χ2v) is 4.39. The zero-order chi connectivity index (χ0) is 14.5. The molecule has 20 heavy (non-hydrogen) atoms. The number of rotatable bonds is 5. The van der Waals surface area contributed by atoms with Crippen LogP contribution in [0.3, 0.4) is 0 Å². The summed E-state index contributed by atoms with van der Waals surface area (Å²) >= 11 is 5.93. The molecule has 2 aromatic rings. The highest BCUT2D eigenvalue weighted by molar-refractivity contribution is 6.32. The predicted molar refractivity (Wildman–Crippen MR) is 75.3 cm³/mol. The van der Waals surface area contributed by atoms with Gasteiger partial charge in [-0.25, -0.2) is 18.7 Å². The third-order valence-electron chi connectivity index (χ3n) is 2.74. The Morgan fingerprint density at radius 1 is 1.20 bits per heavy atom. The number of alkyl halides is 2. The van der Waals surface area contributed by atoms with Crippen LogP contribution in [0.15, 0.2) is 30.6 Å². The van der Waals surface area contributed by atoms with Crippen molar-refractivity contribution in [2.24, 2.45) is 0 Å². The minimum absolute atomic E-state index is 0.00902. The molecule has 0 aliphatic carbocycles. The van der Waals surface area contributed by atoms with Gasteiger partial charge in [-0.2, -0.15) is 0 Å². The molecule has 1 aromatic heterocycles. The van der Waals surface area contributed by atoms with Gasteiger partial charge in [0, 0.05) is 19.2 Å². The number of anilines is 2. The van der Waals surface area contributed by atoms with E-state index in [4.69, 9.17) is 11.6 Å². The van der Waals surface area contributed by atoms with Crippen LogP contribution in [0.2, 0.25) is 5.15 Å². The Morgan fingerprint density at radius 2 is 1.90 bits per heavy atom. The van der Waals surface area contributed by atoms with E-state index in [0.29, 0.717) is 23.2 Å². The summed E-state index contributed by atoms with van der Waals surface area (Å²) in [6.07, 6.45) is -1.10. The molecule has 1 aromatic carbocycles. The number of halogens is 3. The average molecular weight is 299 g/mol. The molecule has 0 aliphatic heterocycles. The Bertz CT molecular complexity index is 575. The van der Waals surface area contributed by atoms with Crippen LogP contribution in [0.5, 0.6) is 0 Å². The molecule has 4 nitrogen and oxygen atoms in total. The van der Waals surface area contributed by atoms with Crippen molar-refractivity contribution < 1.29 is 8.78 Å². The van der Waals surface area contributed by atoms with E-state index in [2.05, 4.69) is 20.6 Å². The molecule has 0 atom stereocenters. The maximum atomic E-state index is 12.4. The first-order valence-corrected chi connectivity index (χ1v) is 6.28. The van der Waals surface area contributed by atoms with Crippen molar-refractivity contribution in [2.45, 2.75) is 13.0 Å². The fraction of sp³-hybridized carbons (Fsp3) is 0.231. The summed E-state index contributed by atoms with van der Waals surface area (Å²) in [6, 6.07) is 6.12. The van der Waals surface area contributed by atoms with Crippen molar-refractivity contribution in [3.63, 3.8) is 0 Å². The molecule has 0 saturated carbocycles. The first kappa shape index (κ1) is 14.5. The SMILES string of the molecule is CNc1c(Cl)ncnc1NCc1ccc(C(F)F)cc1. The van der Waals surface area contributed by atoms with Crippen molar-refractivity contribution in [3.05, 3.63) is 46.9 Å². The van der Waals surface area contributed by atoms with E-state index in [9.17, 15) is 8.78 Å². The van der Waals surface area contributed by atoms with E-state index in [0.717, 1.165) is 5.56 Å². The van der Waals surface area contributed by atoms with Gasteiger partial charge in [-0.1, -0.05) is 35.9 Å². The lowest BCUT2D eigenvalue weighted by molar-refractivity contribution is 0.151. The summed E-state index contributed by atoms with van der Waals surface area (Å²) in [7, 11) is 1.72. The molecular weight excluding hydrogens is 286 g/mol. The van der Waals surface area contributed by atoms with Gasteiger partial charge in [0.25, 0.3) is 6.43 Å². The highest BCUT2D eigenvalue weighted by atomic mass is 35.5. The molecule has 0 saturated heterocycles. The summed E-state index contributed by atoms with van der Waals surface area (Å²) in [5.41, 5.74) is 1.47. The lowest BCUT2D eigenvalue weighted by Gasteiger charge is -2.11. The van der Waals surface area contributed by atoms with Gasteiger partial charge < -0.3 is 10.6 Å². The number of nitrogens with one attached hydrogen (secondary N) is 2. The number of hydrogen-bond donors (Lipinski definition) is 2. The fourth-order valence-electron chi connectivity index (χ4n) is 1.69. The third kappa shape index (κ3) is 3.33. The van der Waals surface area contributed by atoms with Gasteiger partial charge in [0.1, 0.15) is 12.0 Å². The fourth-order valence-corrected chi connectivity index (χ4v) is 1.91. The van der Waals surface area contributed by atoms with Gasteiger partial charge in [-0.05, 0) is 5.56 Å². The molecule has 0 aliphatic rings. The van der Waals surface area contributed by atoms with E-state index in [-0.39, 0.29) is 5.56 Å². The Hall–Kier alpha value is -1.95. The van der Waals surface area contributed by atoms with Gasteiger partial charge in [0.05, 0.1) is 0 Å². The molecule has 106 valence electrons. The van der Waals surface area contributed by atoms with Gasteiger partial charge in [-0.3, -0.25) is 0 Å². The summed E-state index contributed by atoms with van der Waals surface area (Å²) in [5, 5.41) is 6.31. The van der Waals surface area contributed by atoms with Crippen LogP contribution in [0.1, 0.15) is 17.6 Å². The first-order chi connectivity index (χ1) is 9.61. The molecule has 0 bridgehead atoms. The minimum Gasteiger partial charge on any atom is -0.383 e. The molecule has 7 heteroatoms. The number of aromatic nitrogens is 2. The normalized spacial score (nSPS) is 10.7. The van der Waals surface area contributed by atoms with Crippen LogP contribution in [0.25, 0.3) is 0 Å². The molecule has 2 rings (SSSR count). The standard InChI is InChI=1S/C13H13ClF2N4/c1-17-10-11(14)19-7-20-13(10)18-6-8-2-4-9(5-3-8)12(15)16/h2-5,7,12,17H,6H2,1H3,(H,18,19,20). The maximum absolute atomic E-state index is 12.4. The highest BCUT2D eigenvalue weighted by Crippen LogP contribution is 2.26. The van der Waals surface area contributed by atoms with Crippen LogP contribution in [0, 0.1) is 0 Å². The smallest absolute Gasteiger partial charge is 0.263 e.